The fraction of sp³-hybridized carbons (Fsp3) is 0.522. The van der Waals surface area contributed by atoms with Crippen molar-refractivity contribution in [2.45, 2.75) is 115 Å². The summed E-state index contributed by atoms with van der Waals surface area (Å²) in [6.45, 7) is 8.93. The molecule has 5 rings (SSSR count). The van der Waals surface area contributed by atoms with E-state index in [1.54, 1.807) is 24.4 Å². The maximum atomic E-state index is 13.4. The second-order valence-electron chi connectivity index (χ2n) is 15.2. The predicted molar refractivity (Wildman–Crippen MR) is 231 cm³/mol. The molecule has 0 aliphatic heterocycles. The van der Waals surface area contributed by atoms with Gasteiger partial charge in [0.15, 0.2) is 0 Å². The first-order chi connectivity index (χ1) is 29.3. The second-order valence-corrected chi connectivity index (χ2v) is 16.2. The van der Waals surface area contributed by atoms with Gasteiger partial charge in [0.05, 0.1) is 53.7 Å². The molecular weight excluding hydrogens is 787 g/mol. The molecule has 60 heavy (non-hydrogen) atoms. The third-order valence-electron chi connectivity index (χ3n) is 10.7. The average Bonchev–Trinajstić information content (AvgIpc) is 3.69. The zero-order valence-electron chi connectivity index (χ0n) is 34.5. The highest BCUT2D eigenvalue weighted by Crippen LogP contribution is 2.32. The molecule has 0 saturated heterocycles. The van der Waals surface area contributed by atoms with Gasteiger partial charge in [0.1, 0.15) is 11.5 Å². The van der Waals surface area contributed by atoms with Crippen molar-refractivity contribution in [2.75, 3.05) is 31.9 Å². The summed E-state index contributed by atoms with van der Waals surface area (Å²) in [7, 11) is 0. The number of rotatable bonds is 25. The molecule has 0 spiro atoms. The van der Waals surface area contributed by atoms with Gasteiger partial charge in [-0.3, -0.25) is 15.0 Å². The van der Waals surface area contributed by atoms with Gasteiger partial charge in [0, 0.05) is 30.9 Å². The van der Waals surface area contributed by atoms with Crippen molar-refractivity contribution in [3.8, 4) is 11.5 Å². The number of esters is 4. The van der Waals surface area contributed by atoms with Crippen LogP contribution in [0.5, 0.6) is 11.5 Å². The molecule has 2 aliphatic rings. The van der Waals surface area contributed by atoms with E-state index in [1.807, 2.05) is 24.3 Å². The Morgan fingerprint density at radius 2 is 1.22 bits per heavy atom. The summed E-state index contributed by atoms with van der Waals surface area (Å²) in [6.07, 6.45) is 17.3. The highest BCUT2D eigenvalue weighted by Gasteiger charge is 2.30. The van der Waals surface area contributed by atoms with Crippen molar-refractivity contribution in [3.05, 3.63) is 73.3 Å². The quantitative estimate of drug-likeness (QED) is 0.0215. The highest BCUT2D eigenvalue weighted by atomic mass is 32.1. The van der Waals surface area contributed by atoms with Crippen molar-refractivity contribution >= 4 is 56.8 Å². The number of carbonyl (C=O) groups is 4. The summed E-state index contributed by atoms with van der Waals surface area (Å²) in [4.78, 5) is 53.6. The third-order valence-corrected chi connectivity index (χ3v) is 11.6. The minimum atomic E-state index is -0.392. The van der Waals surface area contributed by atoms with Gasteiger partial charge in [0.2, 0.25) is 5.13 Å². The number of fused-ring (bicyclic) bond motifs is 1. The van der Waals surface area contributed by atoms with Crippen LogP contribution in [0.15, 0.2) is 72.9 Å². The zero-order valence-corrected chi connectivity index (χ0v) is 35.3. The Labute approximate surface area is 356 Å². The van der Waals surface area contributed by atoms with Crippen molar-refractivity contribution in [3.63, 3.8) is 0 Å². The van der Waals surface area contributed by atoms with E-state index in [0.29, 0.717) is 74.3 Å². The first-order valence-corrected chi connectivity index (χ1v) is 22.2. The van der Waals surface area contributed by atoms with Crippen LogP contribution in [0.2, 0.25) is 0 Å². The number of hydrazone groups is 1. The lowest BCUT2D eigenvalue weighted by atomic mass is 9.87. The molecule has 0 radical (unpaired) electrons. The van der Waals surface area contributed by atoms with E-state index < -0.39 is 11.9 Å². The van der Waals surface area contributed by atoms with Gasteiger partial charge in [-0.05, 0) is 120 Å². The number of thiazole rings is 1. The smallest absolute Gasteiger partial charge is 0.330 e. The Hall–Kier alpha value is -4.92. The summed E-state index contributed by atoms with van der Waals surface area (Å²) in [6, 6.07) is 12.8. The van der Waals surface area contributed by atoms with E-state index in [2.05, 4.69) is 28.7 Å². The molecule has 1 N–H and O–H groups in total. The molecule has 2 aliphatic carbocycles. The van der Waals surface area contributed by atoms with Crippen LogP contribution in [0.1, 0.15) is 108 Å². The van der Waals surface area contributed by atoms with Crippen LogP contribution in [0.4, 0.5) is 5.13 Å². The van der Waals surface area contributed by atoms with Gasteiger partial charge in [-0.25, -0.2) is 14.6 Å². The molecule has 14 heteroatoms. The summed E-state index contributed by atoms with van der Waals surface area (Å²) < 4.78 is 35.1. The molecule has 1 aromatic heterocycles. The largest absolute Gasteiger partial charge is 0.463 e. The number of aromatic nitrogens is 1. The number of hydrogen-bond acceptors (Lipinski definition) is 14. The molecule has 0 amide bonds. The number of hydrogen-bond donors (Lipinski definition) is 1. The number of anilines is 1. The molecule has 324 valence electrons. The number of para-hydroxylation sites is 1. The van der Waals surface area contributed by atoms with E-state index >= 15 is 0 Å². The lowest BCUT2D eigenvalue weighted by molar-refractivity contribution is -0.142. The summed E-state index contributed by atoms with van der Waals surface area (Å²) in [5.74, 6) is -1.22. The number of unbranched alkanes of at least 4 members (excludes halogenated alkanes) is 6. The van der Waals surface area contributed by atoms with Crippen LogP contribution < -0.4 is 14.9 Å². The van der Waals surface area contributed by atoms with Gasteiger partial charge in [-0.15, -0.1) is 0 Å². The normalized spacial score (nSPS) is 19.1. The summed E-state index contributed by atoms with van der Waals surface area (Å²) >= 11 is 1.47. The highest BCUT2D eigenvalue weighted by molar-refractivity contribution is 7.22. The van der Waals surface area contributed by atoms with Gasteiger partial charge in [0.25, 0.3) is 0 Å². The monoisotopic (exact) mass is 845 g/mol. The molecule has 2 fully saturated rings. The van der Waals surface area contributed by atoms with Crippen LogP contribution >= 0.6 is 11.3 Å². The molecule has 0 bridgehead atoms. The zero-order chi connectivity index (χ0) is 42.4. The molecule has 1 heterocycles. The minimum absolute atomic E-state index is 0.111. The number of benzene rings is 2. The van der Waals surface area contributed by atoms with Crippen molar-refractivity contribution in [2.24, 2.45) is 16.9 Å². The third kappa shape index (κ3) is 15.9. The van der Waals surface area contributed by atoms with Crippen LogP contribution in [0.3, 0.4) is 0 Å². The Morgan fingerprint density at radius 3 is 1.77 bits per heavy atom. The van der Waals surface area contributed by atoms with Crippen LogP contribution in [-0.2, 0) is 38.1 Å². The molecular formula is C46H59N3O10S. The first-order valence-electron chi connectivity index (χ1n) is 21.3. The van der Waals surface area contributed by atoms with Crippen LogP contribution in [0, 0.1) is 11.8 Å². The van der Waals surface area contributed by atoms with E-state index in [9.17, 15) is 19.2 Å². The maximum Gasteiger partial charge on any atom is 0.330 e. The SMILES string of the molecule is C=CC(=O)OCCCCCCOC1CCC(C(=O)Oc2ccc(OC(=O)C3CCC(OCCCCCCOC(=O)C=C)CC3)c(/C=N/Nc3nc4ccccc4s3)c2)CC1. The summed E-state index contributed by atoms with van der Waals surface area (Å²) in [5.41, 5.74) is 4.33. The number of carbonyl (C=O) groups excluding carboxylic acids is 4. The minimum Gasteiger partial charge on any atom is -0.463 e. The van der Waals surface area contributed by atoms with Gasteiger partial charge in [-0.2, -0.15) is 5.10 Å². The number of ether oxygens (including phenoxy) is 6. The van der Waals surface area contributed by atoms with E-state index in [0.717, 1.165) is 87.3 Å². The van der Waals surface area contributed by atoms with E-state index in [-0.39, 0.29) is 36.0 Å². The van der Waals surface area contributed by atoms with Crippen LogP contribution in [-0.4, -0.2) is 73.7 Å². The van der Waals surface area contributed by atoms with E-state index in [4.69, 9.17) is 28.4 Å². The van der Waals surface area contributed by atoms with Crippen LogP contribution in [0.25, 0.3) is 10.2 Å². The van der Waals surface area contributed by atoms with Crippen molar-refractivity contribution in [1.29, 1.82) is 0 Å². The van der Waals surface area contributed by atoms with Gasteiger partial charge >= 0.3 is 23.9 Å². The Balaban J connectivity index is 1.08. The second kappa shape index (κ2) is 25.6. The predicted octanol–water partition coefficient (Wildman–Crippen LogP) is 9.28. The number of nitrogens with one attached hydrogen (secondary N) is 1. The average molecular weight is 846 g/mol. The fourth-order valence-electron chi connectivity index (χ4n) is 7.26. The first kappa shape index (κ1) is 46.2. The molecule has 0 atom stereocenters. The fourth-order valence-corrected chi connectivity index (χ4v) is 8.08. The Bertz CT molecular complexity index is 1850. The summed E-state index contributed by atoms with van der Waals surface area (Å²) in [5, 5.41) is 5.02. The molecule has 3 aromatic rings. The molecule has 2 saturated carbocycles. The topological polar surface area (TPSA) is 161 Å². The van der Waals surface area contributed by atoms with Crippen molar-refractivity contribution in [1.82, 2.24) is 4.98 Å². The Morgan fingerprint density at radius 1 is 0.683 bits per heavy atom. The van der Waals surface area contributed by atoms with Gasteiger partial charge < -0.3 is 28.4 Å². The van der Waals surface area contributed by atoms with Crippen molar-refractivity contribution < 1.29 is 47.6 Å². The lowest BCUT2D eigenvalue weighted by Gasteiger charge is -2.27. The van der Waals surface area contributed by atoms with Gasteiger partial charge in [-0.1, -0.05) is 49.5 Å². The molecule has 2 aromatic carbocycles. The molecule has 13 nitrogen and oxygen atoms in total. The van der Waals surface area contributed by atoms with E-state index in [1.165, 1.54) is 23.5 Å². The lowest BCUT2D eigenvalue weighted by Crippen LogP contribution is -2.29. The number of nitrogens with zero attached hydrogens (tertiary/aromatic N) is 2. The standard InChI is InChI=1S/C46H59N3O10S/c1-3-42(50)56-29-13-7-5-11-27-54-36-21-17-33(18-22-36)44(52)58-38-25-26-40(35(31-38)32-47-49-46-48-39-15-9-10-16-41(39)60-46)59-45(53)34-19-23-37(24-20-34)55-28-12-6-8-14-30-57-43(51)4-2/h3-4,9-10,15-16,25-26,31-34,36-37H,1-2,5-8,11-14,17-24,27-30H2,(H,48,49)/b47-32+. The Kier molecular flexibility index (Phi) is 19.7. The maximum absolute atomic E-state index is 13.4. The molecule has 0 unspecified atom stereocenters.